The maximum absolute atomic E-state index is 14.0. The molecule has 0 aliphatic carbocycles. The van der Waals surface area contributed by atoms with Gasteiger partial charge in [-0.05, 0) is 12.5 Å². The zero-order valence-corrected chi connectivity index (χ0v) is 18.9. The molecular formula is C24H24F3N3O5. The fraction of sp³-hybridized carbons (Fsp3) is 0.292. The highest BCUT2D eigenvalue weighted by molar-refractivity contribution is 6.00. The number of fused-ring (bicyclic) bond motifs is 2. The van der Waals surface area contributed by atoms with E-state index in [4.69, 9.17) is 9.47 Å². The fourth-order valence-corrected chi connectivity index (χ4v) is 4.22. The highest BCUT2D eigenvalue weighted by Crippen LogP contribution is 2.36. The van der Waals surface area contributed by atoms with Gasteiger partial charge in [0.15, 0.2) is 11.4 Å². The van der Waals surface area contributed by atoms with Gasteiger partial charge in [0.1, 0.15) is 23.0 Å². The van der Waals surface area contributed by atoms with Crippen LogP contribution in [0.1, 0.15) is 40.3 Å². The molecule has 2 amide bonds. The normalized spacial score (nSPS) is 16.5. The van der Waals surface area contributed by atoms with Crippen LogP contribution >= 0.6 is 0 Å². The van der Waals surface area contributed by atoms with E-state index in [-0.39, 0.29) is 18.4 Å². The van der Waals surface area contributed by atoms with Gasteiger partial charge in [-0.15, -0.1) is 0 Å². The summed E-state index contributed by atoms with van der Waals surface area (Å²) >= 11 is 0. The van der Waals surface area contributed by atoms with Crippen molar-refractivity contribution in [1.82, 2.24) is 14.8 Å². The SMILES string of the molecule is COCCC1C2=CC=CCN2C(=O)c2c(OC)c(=O)c(C(=O)NCc3c(F)cc(F)cc3F)cn21.[HH]. The van der Waals surface area contributed by atoms with Crippen molar-refractivity contribution in [3.05, 3.63) is 86.8 Å². The number of allylic oxidation sites excluding steroid dienone is 3. The largest absolute Gasteiger partial charge is 0.491 e. The first-order valence-electron chi connectivity index (χ1n) is 10.7. The molecular weight excluding hydrogens is 467 g/mol. The molecule has 3 heterocycles. The van der Waals surface area contributed by atoms with Crippen molar-refractivity contribution in [2.24, 2.45) is 0 Å². The molecule has 0 radical (unpaired) electrons. The van der Waals surface area contributed by atoms with Crippen molar-refractivity contribution < 1.29 is 33.7 Å². The number of benzene rings is 1. The van der Waals surface area contributed by atoms with E-state index in [0.717, 1.165) is 0 Å². The second kappa shape index (κ2) is 9.79. The Balaban J connectivity index is 0.00000361. The second-order valence-corrected chi connectivity index (χ2v) is 7.92. The molecule has 1 unspecified atom stereocenters. The lowest BCUT2D eigenvalue weighted by Crippen LogP contribution is -2.45. The number of hydrogen-bond donors (Lipinski definition) is 1. The fourth-order valence-electron chi connectivity index (χ4n) is 4.22. The number of aromatic nitrogens is 1. The van der Waals surface area contributed by atoms with Crippen LogP contribution in [-0.2, 0) is 11.3 Å². The molecule has 1 aromatic carbocycles. The first-order valence-corrected chi connectivity index (χ1v) is 10.7. The minimum Gasteiger partial charge on any atom is -0.491 e. The number of carbonyl (C=O) groups is 2. The van der Waals surface area contributed by atoms with Gasteiger partial charge in [0.05, 0.1) is 13.2 Å². The number of rotatable bonds is 7. The number of hydrogen-bond acceptors (Lipinski definition) is 5. The smallest absolute Gasteiger partial charge is 0.279 e. The molecule has 11 heteroatoms. The predicted molar refractivity (Wildman–Crippen MR) is 121 cm³/mol. The second-order valence-electron chi connectivity index (χ2n) is 7.92. The minimum absolute atomic E-state index is 0. The van der Waals surface area contributed by atoms with Gasteiger partial charge in [-0.25, -0.2) is 13.2 Å². The lowest BCUT2D eigenvalue weighted by Gasteiger charge is -2.39. The van der Waals surface area contributed by atoms with Crippen molar-refractivity contribution in [3.63, 3.8) is 0 Å². The summed E-state index contributed by atoms with van der Waals surface area (Å²) in [5.41, 5.74) is -1.15. The van der Waals surface area contributed by atoms with E-state index in [2.05, 4.69) is 5.32 Å². The van der Waals surface area contributed by atoms with Crippen LogP contribution < -0.4 is 15.5 Å². The molecule has 2 aliphatic heterocycles. The lowest BCUT2D eigenvalue weighted by atomic mass is 9.99. The van der Waals surface area contributed by atoms with Crippen LogP contribution in [0.3, 0.4) is 0 Å². The molecule has 186 valence electrons. The number of ether oxygens (including phenoxy) is 2. The number of halogens is 3. The van der Waals surface area contributed by atoms with Gasteiger partial charge in [-0.2, -0.15) is 0 Å². The zero-order valence-electron chi connectivity index (χ0n) is 18.9. The van der Waals surface area contributed by atoms with Crippen molar-refractivity contribution in [3.8, 4) is 5.75 Å². The van der Waals surface area contributed by atoms with Crippen molar-refractivity contribution >= 4 is 11.8 Å². The monoisotopic (exact) mass is 491 g/mol. The van der Waals surface area contributed by atoms with E-state index >= 15 is 0 Å². The summed E-state index contributed by atoms with van der Waals surface area (Å²) in [4.78, 5) is 40.8. The number of amides is 2. The van der Waals surface area contributed by atoms with Crippen LogP contribution in [0.4, 0.5) is 13.2 Å². The molecule has 0 saturated carbocycles. The highest BCUT2D eigenvalue weighted by atomic mass is 19.1. The summed E-state index contributed by atoms with van der Waals surface area (Å²) in [7, 11) is 2.74. The summed E-state index contributed by atoms with van der Waals surface area (Å²) in [6, 6.07) is 0.525. The quantitative estimate of drug-likeness (QED) is 0.644. The van der Waals surface area contributed by atoms with E-state index in [0.29, 0.717) is 37.4 Å². The lowest BCUT2D eigenvalue weighted by molar-refractivity contribution is 0.0735. The Hall–Kier alpha value is -3.86. The standard InChI is InChI=1S/C24H22F3N3O5.H2/c1-34-8-6-19-18-5-3-4-7-29(18)24(33)20-22(35-2)21(31)15(12-30(19)20)23(32)28-11-14-16(26)9-13(25)10-17(14)27;/h3-5,9-10,12,19H,6-8,11H2,1-2H3,(H,28,32);1H. The molecule has 4 rings (SSSR count). The van der Waals surface area contributed by atoms with Gasteiger partial charge in [0.25, 0.3) is 11.8 Å². The molecule has 2 aromatic rings. The maximum Gasteiger partial charge on any atom is 0.279 e. The van der Waals surface area contributed by atoms with Crippen molar-refractivity contribution in [1.29, 1.82) is 0 Å². The first kappa shape index (κ1) is 24.3. The molecule has 1 atom stereocenters. The number of carbonyl (C=O) groups excluding carboxylic acids is 2. The number of pyridine rings is 1. The predicted octanol–water partition coefficient (Wildman–Crippen LogP) is 2.94. The van der Waals surface area contributed by atoms with Crippen molar-refractivity contribution in [2.45, 2.75) is 19.0 Å². The summed E-state index contributed by atoms with van der Waals surface area (Å²) in [5.74, 6) is -5.18. The molecule has 0 fully saturated rings. The third-order valence-electron chi connectivity index (χ3n) is 5.90. The minimum atomic E-state index is -1.18. The Bertz CT molecular complexity index is 1300. The van der Waals surface area contributed by atoms with Crippen LogP contribution in [-0.4, -0.2) is 48.7 Å². The molecule has 0 saturated heterocycles. The van der Waals surface area contributed by atoms with E-state index < -0.39 is 52.8 Å². The Morgan fingerprint density at radius 3 is 2.57 bits per heavy atom. The van der Waals surface area contributed by atoms with Crippen LogP contribution in [0.2, 0.25) is 0 Å². The van der Waals surface area contributed by atoms with Gasteiger partial charge in [-0.3, -0.25) is 14.4 Å². The molecule has 1 aromatic heterocycles. The van der Waals surface area contributed by atoms with Gasteiger partial charge >= 0.3 is 0 Å². The Morgan fingerprint density at radius 1 is 1.20 bits per heavy atom. The first-order chi connectivity index (χ1) is 16.8. The molecule has 0 spiro atoms. The summed E-state index contributed by atoms with van der Waals surface area (Å²) in [6.07, 6.45) is 7.04. The third kappa shape index (κ3) is 4.34. The van der Waals surface area contributed by atoms with E-state index in [1.807, 2.05) is 6.08 Å². The van der Waals surface area contributed by atoms with Crippen LogP contribution in [0.25, 0.3) is 0 Å². The summed E-state index contributed by atoms with van der Waals surface area (Å²) < 4.78 is 53.1. The summed E-state index contributed by atoms with van der Waals surface area (Å²) in [6.45, 7) is 0.00482. The number of nitrogens with one attached hydrogen (secondary N) is 1. The molecule has 1 N–H and O–H groups in total. The van der Waals surface area contributed by atoms with Gasteiger partial charge < -0.3 is 24.3 Å². The van der Waals surface area contributed by atoms with Crippen LogP contribution in [0, 0.1) is 17.5 Å². The van der Waals surface area contributed by atoms with E-state index in [9.17, 15) is 27.6 Å². The zero-order chi connectivity index (χ0) is 25.3. The molecule has 35 heavy (non-hydrogen) atoms. The Morgan fingerprint density at radius 2 is 1.91 bits per heavy atom. The highest BCUT2D eigenvalue weighted by Gasteiger charge is 2.39. The molecule has 2 aliphatic rings. The average molecular weight is 491 g/mol. The van der Waals surface area contributed by atoms with E-state index in [1.54, 1.807) is 12.2 Å². The van der Waals surface area contributed by atoms with Crippen LogP contribution in [0.5, 0.6) is 5.75 Å². The van der Waals surface area contributed by atoms with Gasteiger partial charge in [-0.1, -0.05) is 12.2 Å². The van der Waals surface area contributed by atoms with Gasteiger partial charge in [0, 0.05) is 57.8 Å². The molecule has 0 bridgehead atoms. The number of methoxy groups -OCH3 is 2. The van der Waals surface area contributed by atoms with Crippen molar-refractivity contribution in [2.75, 3.05) is 27.4 Å². The van der Waals surface area contributed by atoms with E-state index in [1.165, 1.54) is 29.9 Å². The number of nitrogens with zero attached hydrogens (tertiary/aromatic N) is 2. The topological polar surface area (TPSA) is 89.9 Å². The van der Waals surface area contributed by atoms with Crippen LogP contribution in [0.15, 0.2) is 47.0 Å². The van der Waals surface area contributed by atoms with Gasteiger partial charge in [0.2, 0.25) is 5.43 Å². The Labute approximate surface area is 199 Å². The molecule has 8 nitrogen and oxygen atoms in total. The Kier molecular flexibility index (Phi) is 6.79. The third-order valence-corrected chi connectivity index (χ3v) is 5.90. The summed E-state index contributed by atoms with van der Waals surface area (Å²) in [5, 5.41) is 2.28. The maximum atomic E-state index is 14.0. The average Bonchev–Trinajstić information content (AvgIpc) is 2.83.